The van der Waals surface area contributed by atoms with Gasteiger partial charge in [-0.25, -0.2) is 9.78 Å². The summed E-state index contributed by atoms with van der Waals surface area (Å²) < 4.78 is 55.0. The van der Waals surface area contributed by atoms with Crippen molar-refractivity contribution in [3.63, 3.8) is 0 Å². The van der Waals surface area contributed by atoms with Gasteiger partial charge in [-0.05, 0) is 44.9 Å². The second-order valence-electron chi connectivity index (χ2n) is 10.3. The highest BCUT2D eigenvalue weighted by Gasteiger charge is 2.44. The number of rotatable bonds is 6. The number of ether oxygens (including phenoxy) is 3. The zero-order valence-corrected chi connectivity index (χ0v) is 21.8. The third-order valence-corrected chi connectivity index (χ3v) is 6.83. The zero-order chi connectivity index (χ0) is 27.9. The molecule has 1 aromatic rings. The van der Waals surface area contributed by atoms with Crippen LogP contribution in [0, 0.1) is 0 Å². The average Bonchev–Trinajstić information content (AvgIpc) is 3.43. The molecule has 0 aliphatic carbocycles. The Morgan fingerprint density at radius 2 is 2.13 bits per heavy atom. The van der Waals surface area contributed by atoms with E-state index in [9.17, 15) is 22.8 Å². The highest BCUT2D eigenvalue weighted by atomic mass is 19.4. The van der Waals surface area contributed by atoms with Crippen molar-refractivity contribution in [3.05, 3.63) is 41.5 Å². The number of carbonyl (C=O) groups is 2. The molecule has 5 rings (SSSR count). The van der Waals surface area contributed by atoms with E-state index < -0.39 is 36.5 Å². The van der Waals surface area contributed by atoms with Crippen LogP contribution in [0.5, 0.6) is 5.75 Å². The molecular weight excluding hydrogens is 521 g/mol. The topological polar surface area (TPSA) is 117 Å². The first-order chi connectivity index (χ1) is 18.4. The Kier molecular flexibility index (Phi) is 7.10. The van der Waals surface area contributed by atoms with Gasteiger partial charge in [0.2, 0.25) is 5.91 Å². The quantitative estimate of drug-likeness (QED) is 0.493. The summed E-state index contributed by atoms with van der Waals surface area (Å²) in [6, 6.07) is 1.51. The summed E-state index contributed by atoms with van der Waals surface area (Å²) in [5, 5.41) is 7.68. The lowest BCUT2D eigenvalue weighted by Gasteiger charge is -2.42. The molecule has 2 fully saturated rings. The number of aromatic nitrogens is 1. The van der Waals surface area contributed by atoms with Gasteiger partial charge in [-0.15, -0.1) is 0 Å². The zero-order valence-electron chi connectivity index (χ0n) is 21.8. The molecule has 2 bridgehead atoms. The molecule has 5 heterocycles. The van der Waals surface area contributed by atoms with E-state index in [0.717, 1.165) is 5.70 Å². The third kappa shape index (κ3) is 6.06. The number of amides is 3. The van der Waals surface area contributed by atoms with E-state index in [0.29, 0.717) is 43.3 Å². The second kappa shape index (κ2) is 10.2. The van der Waals surface area contributed by atoms with Crippen LogP contribution in [0.3, 0.4) is 0 Å². The summed E-state index contributed by atoms with van der Waals surface area (Å²) in [4.78, 5) is 33.9. The van der Waals surface area contributed by atoms with E-state index in [1.165, 1.54) is 11.1 Å². The van der Waals surface area contributed by atoms with Crippen molar-refractivity contribution in [2.24, 2.45) is 0 Å². The molecule has 1 aromatic heterocycles. The van der Waals surface area contributed by atoms with Crippen LogP contribution in [0.25, 0.3) is 0 Å². The number of nitrogens with one attached hydrogen (secondary N) is 3. The molecule has 14 heteroatoms. The maximum Gasteiger partial charge on any atom is 0.405 e. The monoisotopic (exact) mass is 552 g/mol. The van der Waals surface area contributed by atoms with Gasteiger partial charge in [0.1, 0.15) is 42.7 Å². The number of anilines is 1. The predicted molar refractivity (Wildman–Crippen MR) is 132 cm³/mol. The molecule has 0 aromatic carbocycles. The van der Waals surface area contributed by atoms with E-state index in [1.807, 2.05) is 19.2 Å². The normalized spacial score (nSPS) is 25.6. The molecule has 0 saturated carbocycles. The predicted octanol–water partition coefficient (Wildman–Crippen LogP) is 2.30. The Morgan fingerprint density at radius 1 is 1.33 bits per heavy atom. The summed E-state index contributed by atoms with van der Waals surface area (Å²) in [6.45, 7) is 5.95. The van der Waals surface area contributed by atoms with Crippen LogP contribution >= 0.6 is 0 Å². The van der Waals surface area contributed by atoms with E-state index in [1.54, 1.807) is 25.1 Å². The first-order valence-corrected chi connectivity index (χ1v) is 12.7. The molecule has 3 atom stereocenters. The van der Waals surface area contributed by atoms with Gasteiger partial charge in [-0.1, -0.05) is 0 Å². The third-order valence-electron chi connectivity index (χ3n) is 6.83. The fraction of sp³-hybridized carbons (Fsp3) is 0.560. The van der Waals surface area contributed by atoms with Crippen molar-refractivity contribution in [2.75, 3.05) is 38.2 Å². The van der Waals surface area contributed by atoms with Gasteiger partial charge >= 0.3 is 12.2 Å². The number of hydrogen-bond donors (Lipinski definition) is 3. The number of carbonyl (C=O) groups excluding carboxylic acids is 2. The van der Waals surface area contributed by atoms with Crippen molar-refractivity contribution in [1.29, 1.82) is 0 Å². The summed E-state index contributed by atoms with van der Waals surface area (Å²) >= 11 is 0. The molecule has 4 aliphatic heterocycles. The smallest absolute Gasteiger partial charge is 0.405 e. The van der Waals surface area contributed by atoms with Gasteiger partial charge in [0, 0.05) is 25.4 Å². The fourth-order valence-electron chi connectivity index (χ4n) is 5.17. The summed E-state index contributed by atoms with van der Waals surface area (Å²) in [7, 11) is 0. The van der Waals surface area contributed by atoms with Crippen molar-refractivity contribution in [2.45, 2.75) is 57.3 Å². The van der Waals surface area contributed by atoms with Crippen LogP contribution in [0.15, 0.2) is 41.5 Å². The minimum Gasteiger partial charge on any atom is -0.491 e. The van der Waals surface area contributed by atoms with Crippen molar-refractivity contribution in [3.8, 4) is 5.75 Å². The number of fused-ring (bicyclic) bond motifs is 3. The molecule has 39 heavy (non-hydrogen) atoms. The van der Waals surface area contributed by atoms with Gasteiger partial charge in [0.15, 0.2) is 5.79 Å². The Bertz CT molecular complexity index is 1200. The highest BCUT2D eigenvalue weighted by molar-refractivity contribution is 5.91. The molecule has 11 nitrogen and oxygen atoms in total. The first kappa shape index (κ1) is 27.1. The van der Waals surface area contributed by atoms with Crippen LogP contribution in [0.2, 0.25) is 0 Å². The number of pyridine rings is 1. The molecular formula is C25H31F3N6O5. The van der Waals surface area contributed by atoms with E-state index in [4.69, 9.17) is 14.2 Å². The highest BCUT2D eigenvalue weighted by Crippen LogP contribution is 2.36. The Morgan fingerprint density at radius 3 is 2.85 bits per heavy atom. The Hall–Kier alpha value is -3.52. The molecule has 2 saturated heterocycles. The Labute approximate surface area is 223 Å². The maximum absolute atomic E-state index is 13.5. The Balaban J connectivity index is 1.28. The van der Waals surface area contributed by atoms with Gasteiger partial charge < -0.3 is 29.7 Å². The number of nitrogens with zero attached hydrogens (tertiary/aromatic N) is 3. The number of allylic oxidation sites excluding steroid dienone is 1. The minimum absolute atomic E-state index is 0.191. The van der Waals surface area contributed by atoms with Gasteiger partial charge in [-0.3, -0.25) is 15.0 Å². The summed E-state index contributed by atoms with van der Waals surface area (Å²) in [5.41, 5.74) is 1.44. The average molecular weight is 553 g/mol. The summed E-state index contributed by atoms with van der Waals surface area (Å²) in [6.07, 6.45) is -0.996. The maximum atomic E-state index is 13.5. The van der Waals surface area contributed by atoms with Crippen molar-refractivity contribution in [1.82, 2.24) is 25.4 Å². The number of alkyl halides is 3. The molecule has 4 aliphatic rings. The standard InChI is InChI=1S/C25H31F3N6O5/c1-14-8-18(22(35)30-13-25(26,27)28)31-21-20(14)33-7-5-15(10-33)34(21)23(36)32-19-9-16(4-6-29-19)37-11-17-12-38-24(2,3)39-17/h4,6,8-9,15,17-18,31H,5,7,10-13H2,1-3H3,(H,30,35)(H,29,32,36)/t15-,17-,18?/m0/s1. The van der Waals surface area contributed by atoms with Crippen LogP contribution in [-0.4, -0.2) is 89.7 Å². The first-order valence-electron chi connectivity index (χ1n) is 12.7. The second-order valence-corrected chi connectivity index (χ2v) is 10.3. The fourth-order valence-corrected chi connectivity index (χ4v) is 5.17. The lowest BCUT2D eigenvalue weighted by molar-refractivity contribution is -0.141. The number of hydrogen-bond acceptors (Lipinski definition) is 8. The lowest BCUT2D eigenvalue weighted by atomic mass is 10.0. The number of dihydropyridines is 1. The summed E-state index contributed by atoms with van der Waals surface area (Å²) in [5.74, 6) is -0.386. The molecule has 3 N–H and O–H groups in total. The van der Waals surface area contributed by atoms with Gasteiger partial charge in [0.25, 0.3) is 0 Å². The van der Waals surface area contributed by atoms with Gasteiger partial charge in [-0.2, -0.15) is 13.2 Å². The number of halogens is 3. The van der Waals surface area contributed by atoms with Crippen LogP contribution in [-0.2, 0) is 14.3 Å². The molecule has 0 radical (unpaired) electrons. The molecule has 0 spiro atoms. The van der Waals surface area contributed by atoms with Crippen molar-refractivity contribution >= 4 is 17.8 Å². The van der Waals surface area contributed by atoms with E-state index in [2.05, 4.69) is 20.5 Å². The number of urea groups is 1. The van der Waals surface area contributed by atoms with E-state index >= 15 is 0 Å². The van der Waals surface area contributed by atoms with Crippen LogP contribution in [0.4, 0.5) is 23.8 Å². The van der Waals surface area contributed by atoms with Crippen LogP contribution < -0.4 is 20.7 Å². The lowest BCUT2D eigenvalue weighted by Crippen LogP contribution is -2.56. The molecule has 3 amide bonds. The van der Waals surface area contributed by atoms with Crippen LogP contribution in [0.1, 0.15) is 27.2 Å². The van der Waals surface area contributed by atoms with Gasteiger partial charge in [0.05, 0.1) is 18.3 Å². The largest absolute Gasteiger partial charge is 0.491 e. The SMILES string of the molecule is CC1=CC(C(=O)NCC(F)(F)F)NC2=C1N1CC[C@@H](C1)N2C(=O)Nc1cc(OC[C@H]2COC(C)(C)O2)ccn1. The molecule has 1 unspecified atom stereocenters. The minimum atomic E-state index is -4.53. The van der Waals surface area contributed by atoms with E-state index in [-0.39, 0.29) is 24.6 Å². The van der Waals surface area contributed by atoms with Crippen molar-refractivity contribution < 1.29 is 37.0 Å². The molecule has 212 valence electrons.